The molecule has 0 aliphatic carbocycles. The number of rotatable bonds is 2. The van der Waals surface area contributed by atoms with Gasteiger partial charge < -0.3 is 10.5 Å². The van der Waals surface area contributed by atoms with Crippen molar-refractivity contribution in [3.63, 3.8) is 0 Å². The van der Waals surface area contributed by atoms with E-state index in [0.717, 1.165) is 6.07 Å². The van der Waals surface area contributed by atoms with E-state index in [1.165, 1.54) is 6.07 Å². The van der Waals surface area contributed by atoms with E-state index in [1.54, 1.807) is 6.07 Å². The Kier molecular flexibility index (Phi) is 3.39. The summed E-state index contributed by atoms with van der Waals surface area (Å²) in [5.74, 6) is -0.727. The van der Waals surface area contributed by atoms with Gasteiger partial charge in [0.25, 0.3) is 0 Å². The number of nitrogens with zero attached hydrogens (tertiary/aromatic N) is 3. The van der Waals surface area contributed by atoms with E-state index >= 15 is 0 Å². The van der Waals surface area contributed by atoms with Gasteiger partial charge >= 0.3 is 6.36 Å². The van der Waals surface area contributed by atoms with Gasteiger partial charge in [0.15, 0.2) is 11.4 Å². The zero-order valence-electron chi connectivity index (χ0n) is 8.25. The van der Waals surface area contributed by atoms with Crippen LogP contribution in [0.2, 0.25) is 0 Å². The van der Waals surface area contributed by atoms with E-state index in [2.05, 4.69) is 9.72 Å². The minimum Gasteiger partial charge on any atom is -0.403 e. The third kappa shape index (κ3) is 3.24. The van der Waals surface area contributed by atoms with Crippen LogP contribution in [0.25, 0.3) is 0 Å². The third-order valence-corrected chi connectivity index (χ3v) is 1.67. The summed E-state index contributed by atoms with van der Waals surface area (Å²) in [6.45, 7) is 0. The summed E-state index contributed by atoms with van der Waals surface area (Å²) in [5.41, 5.74) is 4.34. The minimum atomic E-state index is -4.92. The zero-order chi connectivity index (χ0) is 13.1. The fourth-order valence-corrected chi connectivity index (χ4v) is 1.05. The molecule has 0 aliphatic rings. The predicted molar refractivity (Wildman–Crippen MR) is 49.4 cm³/mol. The molecule has 0 aliphatic heterocycles. The summed E-state index contributed by atoms with van der Waals surface area (Å²) >= 11 is 0. The summed E-state index contributed by atoms with van der Waals surface area (Å²) in [6.07, 6.45) is -5.17. The maximum absolute atomic E-state index is 12.0. The Morgan fingerprint density at radius 2 is 2.06 bits per heavy atom. The highest BCUT2D eigenvalue weighted by atomic mass is 19.4. The predicted octanol–water partition coefficient (Wildman–Crippen LogP) is 1.50. The Labute approximate surface area is 93.8 Å². The number of nitrogens with two attached hydrogens (primary N) is 1. The first kappa shape index (κ1) is 12.6. The van der Waals surface area contributed by atoms with Crippen LogP contribution in [-0.4, -0.2) is 11.3 Å². The number of nitriles is 2. The molecule has 1 aromatic heterocycles. The maximum Gasteiger partial charge on any atom is 0.573 e. The molecule has 0 unspecified atom stereocenters. The molecule has 0 radical (unpaired) electrons. The molecule has 0 saturated heterocycles. The second kappa shape index (κ2) is 4.58. The standard InChI is InChI=1S/C9H5F3N4O/c10-9(11,12)17-7-3-5(1-2-13)16-6(4-14)8(7)15/h3H,1,15H2. The van der Waals surface area contributed by atoms with Gasteiger partial charge in [-0.3, -0.25) is 0 Å². The van der Waals surface area contributed by atoms with Gasteiger partial charge in [0, 0.05) is 6.07 Å². The summed E-state index contributed by atoms with van der Waals surface area (Å²) in [6, 6.07) is 4.10. The topological polar surface area (TPSA) is 95.7 Å². The second-order valence-electron chi connectivity index (χ2n) is 2.87. The summed E-state index contributed by atoms with van der Waals surface area (Å²) in [5, 5.41) is 17.0. The molecule has 2 N–H and O–H groups in total. The van der Waals surface area contributed by atoms with E-state index in [0.29, 0.717) is 0 Å². The fraction of sp³-hybridized carbons (Fsp3) is 0.222. The van der Waals surface area contributed by atoms with Crippen molar-refractivity contribution in [3.05, 3.63) is 17.5 Å². The van der Waals surface area contributed by atoms with Crippen LogP contribution in [0.5, 0.6) is 5.75 Å². The highest BCUT2D eigenvalue weighted by molar-refractivity contribution is 5.61. The van der Waals surface area contributed by atoms with Crippen molar-refractivity contribution in [1.82, 2.24) is 4.98 Å². The molecule has 0 aromatic carbocycles. The van der Waals surface area contributed by atoms with Crippen molar-refractivity contribution in [2.24, 2.45) is 0 Å². The van der Waals surface area contributed by atoms with Gasteiger partial charge in [-0.25, -0.2) is 4.98 Å². The largest absolute Gasteiger partial charge is 0.573 e. The van der Waals surface area contributed by atoms with Crippen LogP contribution in [0.15, 0.2) is 6.07 Å². The quantitative estimate of drug-likeness (QED) is 0.847. The lowest BCUT2D eigenvalue weighted by atomic mass is 10.2. The van der Waals surface area contributed by atoms with Crippen LogP contribution in [0.1, 0.15) is 11.4 Å². The summed E-state index contributed by atoms with van der Waals surface area (Å²) in [4.78, 5) is 3.62. The lowest BCUT2D eigenvalue weighted by molar-refractivity contribution is -0.274. The van der Waals surface area contributed by atoms with Crippen LogP contribution in [0, 0.1) is 22.7 Å². The Balaban J connectivity index is 3.25. The number of hydrogen-bond acceptors (Lipinski definition) is 5. The molecule has 1 heterocycles. The van der Waals surface area contributed by atoms with Crippen LogP contribution < -0.4 is 10.5 Å². The van der Waals surface area contributed by atoms with Crippen LogP contribution in [0.3, 0.4) is 0 Å². The van der Waals surface area contributed by atoms with Gasteiger partial charge in [-0.2, -0.15) is 10.5 Å². The van der Waals surface area contributed by atoms with Crippen molar-refractivity contribution in [1.29, 1.82) is 10.5 Å². The number of aromatic nitrogens is 1. The first-order valence-electron chi connectivity index (χ1n) is 4.19. The van der Waals surface area contributed by atoms with Gasteiger partial charge in [-0.15, -0.1) is 13.2 Å². The Morgan fingerprint density at radius 1 is 1.41 bits per heavy atom. The van der Waals surface area contributed by atoms with Gasteiger partial charge in [0.1, 0.15) is 11.8 Å². The number of halogens is 3. The van der Waals surface area contributed by atoms with E-state index < -0.39 is 23.5 Å². The fourth-order valence-electron chi connectivity index (χ4n) is 1.05. The van der Waals surface area contributed by atoms with Gasteiger partial charge in [0.2, 0.25) is 0 Å². The van der Waals surface area contributed by atoms with Gasteiger partial charge in [0.05, 0.1) is 18.2 Å². The average molecular weight is 242 g/mol. The second-order valence-corrected chi connectivity index (χ2v) is 2.87. The van der Waals surface area contributed by atoms with Crippen LogP contribution >= 0.6 is 0 Å². The van der Waals surface area contributed by atoms with Crippen molar-refractivity contribution >= 4 is 5.69 Å². The highest BCUT2D eigenvalue weighted by Gasteiger charge is 2.32. The van der Waals surface area contributed by atoms with Crippen LogP contribution in [0.4, 0.5) is 18.9 Å². The molecule has 0 bridgehead atoms. The molecule has 0 fully saturated rings. The summed E-state index contributed by atoms with van der Waals surface area (Å²) in [7, 11) is 0. The molecular formula is C9H5F3N4O. The monoisotopic (exact) mass is 242 g/mol. The SMILES string of the molecule is N#CCc1cc(OC(F)(F)F)c(N)c(C#N)n1. The number of nitrogen functional groups attached to an aromatic ring is 1. The molecule has 0 amide bonds. The molecule has 5 nitrogen and oxygen atoms in total. The number of hydrogen-bond donors (Lipinski definition) is 1. The van der Waals surface area contributed by atoms with E-state index in [4.69, 9.17) is 16.3 Å². The number of pyridine rings is 1. The van der Waals surface area contributed by atoms with Crippen molar-refractivity contribution in [3.8, 4) is 17.9 Å². The number of alkyl halides is 3. The first-order valence-corrected chi connectivity index (χ1v) is 4.19. The molecule has 88 valence electrons. The van der Waals surface area contributed by atoms with Gasteiger partial charge in [-0.1, -0.05) is 0 Å². The highest BCUT2D eigenvalue weighted by Crippen LogP contribution is 2.30. The molecule has 1 rings (SSSR count). The van der Waals surface area contributed by atoms with Crippen molar-refractivity contribution in [2.75, 3.05) is 5.73 Å². The Morgan fingerprint density at radius 3 is 2.53 bits per heavy atom. The van der Waals surface area contributed by atoms with Gasteiger partial charge in [-0.05, 0) is 0 Å². The normalized spacial score (nSPS) is 10.4. The molecule has 1 aromatic rings. The average Bonchev–Trinajstić information content (AvgIpc) is 2.21. The summed E-state index contributed by atoms with van der Waals surface area (Å²) < 4.78 is 39.7. The van der Waals surface area contributed by atoms with E-state index in [-0.39, 0.29) is 12.1 Å². The van der Waals surface area contributed by atoms with Crippen molar-refractivity contribution < 1.29 is 17.9 Å². The van der Waals surface area contributed by atoms with E-state index in [9.17, 15) is 13.2 Å². The maximum atomic E-state index is 12.0. The molecule has 0 atom stereocenters. The lowest BCUT2D eigenvalue weighted by Crippen LogP contribution is -2.19. The molecule has 0 saturated carbocycles. The van der Waals surface area contributed by atoms with E-state index in [1.807, 2.05) is 0 Å². The Hall–Kier alpha value is -2.48. The minimum absolute atomic E-state index is 0.0162. The molecule has 0 spiro atoms. The molecule has 17 heavy (non-hydrogen) atoms. The zero-order valence-corrected chi connectivity index (χ0v) is 8.25. The number of ether oxygens (including phenoxy) is 1. The number of anilines is 1. The third-order valence-electron chi connectivity index (χ3n) is 1.67. The van der Waals surface area contributed by atoms with Crippen LogP contribution in [-0.2, 0) is 6.42 Å². The smallest absolute Gasteiger partial charge is 0.403 e. The lowest BCUT2D eigenvalue weighted by Gasteiger charge is -2.12. The first-order chi connectivity index (χ1) is 7.87. The van der Waals surface area contributed by atoms with Crippen molar-refractivity contribution in [2.45, 2.75) is 12.8 Å². The molecule has 8 heteroatoms. The Bertz CT molecular complexity index is 513. The molecular weight excluding hydrogens is 237 g/mol.